The molecular formula is C11H12FN5O. The number of benzene rings is 1. The third-order valence-electron chi connectivity index (χ3n) is 2.40. The van der Waals surface area contributed by atoms with Gasteiger partial charge in [-0.25, -0.2) is 9.37 Å². The molecule has 0 saturated carbocycles. The summed E-state index contributed by atoms with van der Waals surface area (Å²) in [6.45, 7) is 0.118. The summed E-state index contributed by atoms with van der Waals surface area (Å²) in [6, 6.07) is 4.12. The van der Waals surface area contributed by atoms with Crippen LogP contribution in [0.25, 0.3) is 0 Å². The molecule has 2 rings (SSSR count). The number of aryl methyl sites for hydroxylation is 1. The first-order valence-corrected chi connectivity index (χ1v) is 5.17. The molecule has 1 heterocycles. The molecule has 0 atom stereocenters. The first kappa shape index (κ1) is 12.0. The molecule has 6 nitrogen and oxygen atoms in total. The normalized spacial score (nSPS) is 10.3. The molecular weight excluding hydrogens is 237 g/mol. The van der Waals surface area contributed by atoms with Crippen molar-refractivity contribution in [1.82, 2.24) is 14.8 Å². The van der Waals surface area contributed by atoms with Crippen molar-refractivity contribution in [2.24, 2.45) is 12.8 Å². The molecule has 2 aromatic rings. The topological polar surface area (TPSA) is 89.8 Å². The molecule has 0 saturated heterocycles. The van der Waals surface area contributed by atoms with Crippen LogP contribution in [0.4, 0.5) is 4.39 Å². The molecule has 0 amide bonds. The van der Waals surface area contributed by atoms with Gasteiger partial charge in [0.05, 0.1) is 0 Å². The molecule has 0 aliphatic rings. The van der Waals surface area contributed by atoms with Crippen LogP contribution in [0.1, 0.15) is 11.4 Å². The molecule has 1 aromatic heterocycles. The van der Waals surface area contributed by atoms with E-state index in [2.05, 4.69) is 10.1 Å². The molecule has 18 heavy (non-hydrogen) atoms. The Hall–Kier alpha value is -2.44. The standard InChI is InChI=1S/C11H12FN5O/c1-17-10(15-6-16-17)5-18-9-3-2-7(11(13)14)4-8(9)12/h2-4,6H,5H2,1H3,(H3,13,14). The van der Waals surface area contributed by atoms with Gasteiger partial charge in [-0.05, 0) is 18.2 Å². The average Bonchev–Trinajstić information content (AvgIpc) is 2.73. The molecule has 0 spiro atoms. The molecule has 0 fully saturated rings. The van der Waals surface area contributed by atoms with E-state index in [1.807, 2.05) is 0 Å². The van der Waals surface area contributed by atoms with Crippen LogP contribution in [0.5, 0.6) is 5.75 Å². The fourth-order valence-corrected chi connectivity index (χ4v) is 1.38. The smallest absolute Gasteiger partial charge is 0.165 e. The summed E-state index contributed by atoms with van der Waals surface area (Å²) in [7, 11) is 1.72. The number of nitrogens with one attached hydrogen (secondary N) is 1. The quantitative estimate of drug-likeness (QED) is 0.620. The summed E-state index contributed by atoms with van der Waals surface area (Å²) in [5, 5.41) is 11.1. The van der Waals surface area contributed by atoms with E-state index >= 15 is 0 Å². The molecule has 94 valence electrons. The number of amidine groups is 1. The van der Waals surface area contributed by atoms with Gasteiger partial charge in [-0.2, -0.15) is 5.10 Å². The second-order valence-corrected chi connectivity index (χ2v) is 3.65. The summed E-state index contributed by atoms with van der Waals surface area (Å²) in [5.41, 5.74) is 5.58. The highest BCUT2D eigenvalue weighted by Gasteiger charge is 2.08. The molecule has 0 aliphatic carbocycles. The Morgan fingerprint density at radius 3 is 2.89 bits per heavy atom. The Kier molecular flexibility index (Phi) is 3.22. The van der Waals surface area contributed by atoms with E-state index < -0.39 is 5.82 Å². The van der Waals surface area contributed by atoms with Crippen LogP contribution in [0.3, 0.4) is 0 Å². The van der Waals surface area contributed by atoms with E-state index in [4.69, 9.17) is 15.9 Å². The maximum Gasteiger partial charge on any atom is 0.165 e. The second kappa shape index (κ2) is 4.82. The van der Waals surface area contributed by atoms with Gasteiger partial charge in [-0.1, -0.05) is 0 Å². The van der Waals surface area contributed by atoms with Gasteiger partial charge in [0.2, 0.25) is 0 Å². The third kappa shape index (κ3) is 2.45. The summed E-state index contributed by atoms with van der Waals surface area (Å²) < 4.78 is 20.5. The van der Waals surface area contributed by atoms with Crippen molar-refractivity contribution in [3.8, 4) is 5.75 Å². The number of halogens is 1. The van der Waals surface area contributed by atoms with Crippen molar-refractivity contribution in [3.05, 3.63) is 41.7 Å². The lowest BCUT2D eigenvalue weighted by atomic mass is 10.2. The maximum atomic E-state index is 13.6. The van der Waals surface area contributed by atoms with Crippen LogP contribution < -0.4 is 10.5 Å². The molecule has 0 unspecified atom stereocenters. The highest BCUT2D eigenvalue weighted by atomic mass is 19.1. The Labute approximate surface area is 103 Å². The molecule has 0 radical (unpaired) electrons. The number of ether oxygens (including phenoxy) is 1. The van der Waals surface area contributed by atoms with Gasteiger partial charge >= 0.3 is 0 Å². The van der Waals surface area contributed by atoms with Gasteiger partial charge < -0.3 is 10.5 Å². The molecule has 3 N–H and O–H groups in total. The number of aromatic nitrogens is 3. The van der Waals surface area contributed by atoms with E-state index in [0.29, 0.717) is 11.4 Å². The van der Waals surface area contributed by atoms with Gasteiger partial charge in [0, 0.05) is 12.6 Å². The highest BCUT2D eigenvalue weighted by molar-refractivity contribution is 5.95. The summed E-state index contributed by atoms with van der Waals surface area (Å²) in [5.74, 6) is -0.0772. The number of rotatable bonds is 4. The number of nitrogen functional groups attached to an aromatic ring is 1. The Morgan fingerprint density at radius 2 is 2.33 bits per heavy atom. The molecule has 0 bridgehead atoms. The van der Waals surface area contributed by atoms with E-state index in [1.165, 1.54) is 18.5 Å². The fraction of sp³-hybridized carbons (Fsp3) is 0.182. The summed E-state index contributed by atoms with van der Waals surface area (Å²) >= 11 is 0. The van der Waals surface area contributed by atoms with Gasteiger partial charge in [-0.3, -0.25) is 10.1 Å². The van der Waals surface area contributed by atoms with Gasteiger partial charge in [0.25, 0.3) is 0 Å². The molecule has 7 heteroatoms. The zero-order valence-corrected chi connectivity index (χ0v) is 9.72. The van der Waals surface area contributed by atoms with Gasteiger partial charge in [0.1, 0.15) is 18.8 Å². The van der Waals surface area contributed by atoms with Crippen LogP contribution in [0, 0.1) is 11.2 Å². The minimum Gasteiger partial charge on any atom is -0.483 e. The lowest BCUT2D eigenvalue weighted by Crippen LogP contribution is -2.11. The lowest BCUT2D eigenvalue weighted by Gasteiger charge is -2.07. The predicted molar refractivity (Wildman–Crippen MR) is 62.8 cm³/mol. The van der Waals surface area contributed by atoms with Crippen molar-refractivity contribution < 1.29 is 9.13 Å². The minimum absolute atomic E-state index is 0.0861. The molecule has 1 aromatic carbocycles. The fourth-order valence-electron chi connectivity index (χ4n) is 1.38. The average molecular weight is 249 g/mol. The van der Waals surface area contributed by atoms with E-state index in [1.54, 1.807) is 11.7 Å². The predicted octanol–water partition coefficient (Wildman–Crippen LogP) is 0.817. The zero-order chi connectivity index (χ0) is 13.1. The van der Waals surface area contributed by atoms with Crippen LogP contribution in [0.15, 0.2) is 24.5 Å². The Bertz CT molecular complexity index is 581. The second-order valence-electron chi connectivity index (χ2n) is 3.65. The molecule has 0 aliphatic heterocycles. The van der Waals surface area contributed by atoms with E-state index in [-0.39, 0.29) is 18.2 Å². The van der Waals surface area contributed by atoms with Crippen molar-refractivity contribution in [1.29, 1.82) is 5.41 Å². The van der Waals surface area contributed by atoms with E-state index in [0.717, 1.165) is 6.07 Å². The number of nitrogens with zero attached hydrogens (tertiary/aromatic N) is 3. The largest absolute Gasteiger partial charge is 0.483 e. The monoisotopic (exact) mass is 249 g/mol. The van der Waals surface area contributed by atoms with Crippen LogP contribution in [-0.2, 0) is 13.7 Å². The lowest BCUT2D eigenvalue weighted by molar-refractivity contribution is 0.275. The number of nitrogens with two attached hydrogens (primary N) is 1. The Balaban J connectivity index is 2.11. The Morgan fingerprint density at radius 1 is 1.56 bits per heavy atom. The van der Waals surface area contributed by atoms with Crippen LogP contribution in [-0.4, -0.2) is 20.6 Å². The van der Waals surface area contributed by atoms with Crippen LogP contribution in [0.2, 0.25) is 0 Å². The number of hydrogen-bond donors (Lipinski definition) is 2. The first-order valence-electron chi connectivity index (χ1n) is 5.17. The number of hydrogen-bond acceptors (Lipinski definition) is 4. The summed E-state index contributed by atoms with van der Waals surface area (Å²) in [4.78, 5) is 3.96. The maximum absolute atomic E-state index is 13.6. The van der Waals surface area contributed by atoms with E-state index in [9.17, 15) is 4.39 Å². The van der Waals surface area contributed by atoms with Gasteiger partial charge in [0.15, 0.2) is 17.4 Å². The SMILES string of the molecule is Cn1ncnc1COc1ccc(C(=N)N)cc1F. The van der Waals surface area contributed by atoms with Crippen molar-refractivity contribution >= 4 is 5.84 Å². The van der Waals surface area contributed by atoms with Crippen molar-refractivity contribution in [3.63, 3.8) is 0 Å². The summed E-state index contributed by atoms with van der Waals surface area (Å²) in [6.07, 6.45) is 1.40. The zero-order valence-electron chi connectivity index (χ0n) is 9.72. The minimum atomic E-state index is -0.565. The van der Waals surface area contributed by atoms with Crippen molar-refractivity contribution in [2.45, 2.75) is 6.61 Å². The van der Waals surface area contributed by atoms with Crippen LogP contribution >= 0.6 is 0 Å². The van der Waals surface area contributed by atoms with Crippen molar-refractivity contribution in [2.75, 3.05) is 0 Å². The first-order chi connectivity index (χ1) is 8.58. The highest BCUT2D eigenvalue weighted by Crippen LogP contribution is 2.19. The third-order valence-corrected chi connectivity index (χ3v) is 2.40. The van der Waals surface area contributed by atoms with Gasteiger partial charge in [-0.15, -0.1) is 0 Å².